The lowest BCUT2D eigenvalue weighted by atomic mass is 10.0. The lowest BCUT2D eigenvalue weighted by Gasteiger charge is -2.35. The number of ether oxygens (including phenoxy) is 2. The molecule has 0 spiro atoms. The molecule has 4 heteroatoms. The van der Waals surface area contributed by atoms with Gasteiger partial charge in [0.2, 0.25) is 0 Å². The van der Waals surface area contributed by atoms with Crippen molar-refractivity contribution >= 4 is 0 Å². The molecule has 0 radical (unpaired) electrons. The SMILES string of the molecule is CCCCCCCCO[C@@H]1C[C@H](O)[C@@H](O)[C@H](C)O1. The first-order chi connectivity index (χ1) is 8.65. The van der Waals surface area contributed by atoms with Crippen LogP contribution < -0.4 is 0 Å². The van der Waals surface area contributed by atoms with E-state index in [0.29, 0.717) is 13.0 Å². The number of rotatable bonds is 8. The molecule has 4 nitrogen and oxygen atoms in total. The van der Waals surface area contributed by atoms with Crippen LogP contribution in [-0.4, -0.2) is 41.4 Å². The smallest absolute Gasteiger partial charge is 0.160 e. The van der Waals surface area contributed by atoms with E-state index < -0.39 is 12.2 Å². The van der Waals surface area contributed by atoms with Crippen LogP contribution in [0.25, 0.3) is 0 Å². The maximum atomic E-state index is 9.61. The van der Waals surface area contributed by atoms with Crippen LogP contribution in [0.5, 0.6) is 0 Å². The Labute approximate surface area is 110 Å². The largest absolute Gasteiger partial charge is 0.390 e. The van der Waals surface area contributed by atoms with Crippen LogP contribution in [0.3, 0.4) is 0 Å². The summed E-state index contributed by atoms with van der Waals surface area (Å²) in [6.07, 6.45) is 5.49. The molecule has 1 aliphatic heterocycles. The van der Waals surface area contributed by atoms with Gasteiger partial charge < -0.3 is 19.7 Å². The maximum Gasteiger partial charge on any atom is 0.160 e. The van der Waals surface area contributed by atoms with Gasteiger partial charge in [0, 0.05) is 13.0 Å². The summed E-state index contributed by atoms with van der Waals surface area (Å²) in [6.45, 7) is 4.64. The molecule has 0 aromatic carbocycles. The summed E-state index contributed by atoms with van der Waals surface area (Å²) in [6, 6.07) is 0. The fourth-order valence-corrected chi connectivity index (χ4v) is 2.23. The topological polar surface area (TPSA) is 58.9 Å². The molecular weight excluding hydrogens is 232 g/mol. The molecule has 1 heterocycles. The van der Waals surface area contributed by atoms with E-state index >= 15 is 0 Å². The van der Waals surface area contributed by atoms with Crippen molar-refractivity contribution in [2.75, 3.05) is 6.61 Å². The highest BCUT2D eigenvalue weighted by Crippen LogP contribution is 2.21. The molecule has 0 bridgehead atoms. The van der Waals surface area contributed by atoms with E-state index in [1.807, 2.05) is 0 Å². The third-order valence-corrected chi connectivity index (χ3v) is 3.48. The molecule has 18 heavy (non-hydrogen) atoms. The van der Waals surface area contributed by atoms with Crippen LogP contribution in [0, 0.1) is 0 Å². The summed E-state index contributed by atoms with van der Waals surface area (Å²) in [5.41, 5.74) is 0. The molecule has 0 aliphatic carbocycles. The molecule has 1 rings (SSSR count). The Kier molecular flexibility index (Phi) is 7.82. The van der Waals surface area contributed by atoms with Gasteiger partial charge in [-0.25, -0.2) is 0 Å². The Morgan fingerprint density at radius 1 is 1.11 bits per heavy atom. The van der Waals surface area contributed by atoms with E-state index in [1.54, 1.807) is 6.92 Å². The van der Waals surface area contributed by atoms with Crippen molar-refractivity contribution in [1.29, 1.82) is 0 Å². The molecule has 1 aliphatic rings. The van der Waals surface area contributed by atoms with Gasteiger partial charge in [-0.3, -0.25) is 0 Å². The van der Waals surface area contributed by atoms with Crippen molar-refractivity contribution in [3.63, 3.8) is 0 Å². The number of unbranched alkanes of at least 4 members (excludes halogenated alkanes) is 5. The summed E-state index contributed by atoms with van der Waals surface area (Å²) < 4.78 is 11.1. The van der Waals surface area contributed by atoms with Crippen LogP contribution >= 0.6 is 0 Å². The third kappa shape index (κ3) is 5.65. The quantitative estimate of drug-likeness (QED) is 0.657. The van der Waals surface area contributed by atoms with Crippen molar-refractivity contribution in [3.8, 4) is 0 Å². The van der Waals surface area contributed by atoms with Gasteiger partial charge in [-0.2, -0.15) is 0 Å². The van der Waals surface area contributed by atoms with Crippen LogP contribution in [-0.2, 0) is 9.47 Å². The minimum absolute atomic E-state index is 0.358. The summed E-state index contributed by atoms with van der Waals surface area (Å²) in [5.74, 6) is 0. The van der Waals surface area contributed by atoms with Gasteiger partial charge in [0.25, 0.3) is 0 Å². The Balaban J connectivity index is 2.02. The van der Waals surface area contributed by atoms with E-state index in [2.05, 4.69) is 6.92 Å². The highest BCUT2D eigenvalue weighted by molar-refractivity contribution is 4.79. The van der Waals surface area contributed by atoms with Crippen LogP contribution in [0.4, 0.5) is 0 Å². The Morgan fingerprint density at radius 3 is 2.44 bits per heavy atom. The lowest BCUT2D eigenvalue weighted by molar-refractivity contribution is -0.246. The van der Waals surface area contributed by atoms with Crippen LogP contribution in [0.1, 0.15) is 58.8 Å². The van der Waals surface area contributed by atoms with Gasteiger partial charge in [-0.1, -0.05) is 39.0 Å². The van der Waals surface area contributed by atoms with Crippen molar-refractivity contribution in [2.24, 2.45) is 0 Å². The van der Waals surface area contributed by atoms with E-state index in [1.165, 1.54) is 32.1 Å². The van der Waals surface area contributed by atoms with Crippen molar-refractivity contribution < 1.29 is 19.7 Å². The minimum atomic E-state index is -0.793. The number of aliphatic hydroxyl groups excluding tert-OH is 2. The fraction of sp³-hybridized carbons (Fsp3) is 1.00. The Morgan fingerprint density at radius 2 is 1.78 bits per heavy atom. The molecule has 2 N–H and O–H groups in total. The van der Waals surface area contributed by atoms with E-state index in [-0.39, 0.29) is 12.4 Å². The fourth-order valence-electron chi connectivity index (χ4n) is 2.23. The Bertz CT molecular complexity index is 198. The summed E-state index contributed by atoms with van der Waals surface area (Å²) >= 11 is 0. The van der Waals surface area contributed by atoms with Crippen LogP contribution in [0.2, 0.25) is 0 Å². The molecule has 0 saturated carbocycles. The average molecular weight is 260 g/mol. The van der Waals surface area contributed by atoms with Gasteiger partial charge >= 0.3 is 0 Å². The standard InChI is InChI=1S/C14H28O4/c1-3-4-5-6-7-8-9-17-13-10-12(15)14(16)11(2)18-13/h11-16H,3-10H2,1-2H3/t11-,12-,13-,14-/m0/s1. The van der Waals surface area contributed by atoms with E-state index in [4.69, 9.17) is 9.47 Å². The molecule has 1 saturated heterocycles. The second-order valence-corrected chi connectivity index (χ2v) is 5.20. The van der Waals surface area contributed by atoms with Gasteiger partial charge in [0.05, 0.1) is 12.2 Å². The normalized spacial score (nSPS) is 32.7. The number of aliphatic hydroxyl groups is 2. The first kappa shape index (κ1) is 15.9. The zero-order valence-corrected chi connectivity index (χ0v) is 11.7. The summed E-state index contributed by atoms with van der Waals surface area (Å²) in [7, 11) is 0. The highest BCUT2D eigenvalue weighted by Gasteiger charge is 2.34. The predicted molar refractivity (Wildman–Crippen MR) is 70.3 cm³/mol. The first-order valence-electron chi connectivity index (χ1n) is 7.28. The van der Waals surface area contributed by atoms with Gasteiger partial charge in [-0.15, -0.1) is 0 Å². The van der Waals surface area contributed by atoms with Gasteiger partial charge in [0.1, 0.15) is 6.10 Å². The molecule has 0 unspecified atom stereocenters. The molecule has 0 amide bonds. The second kappa shape index (κ2) is 8.86. The lowest BCUT2D eigenvalue weighted by Crippen LogP contribution is -2.47. The molecule has 0 aromatic rings. The molecular formula is C14H28O4. The monoisotopic (exact) mass is 260 g/mol. The van der Waals surface area contributed by atoms with Gasteiger partial charge in [0.15, 0.2) is 6.29 Å². The predicted octanol–water partition coefficient (Wildman–Crippen LogP) is 2.22. The highest BCUT2D eigenvalue weighted by atomic mass is 16.7. The van der Waals surface area contributed by atoms with E-state index in [0.717, 1.165) is 6.42 Å². The number of hydrogen-bond donors (Lipinski definition) is 2. The van der Waals surface area contributed by atoms with Crippen LogP contribution in [0.15, 0.2) is 0 Å². The van der Waals surface area contributed by atoms with Crippen molar-refractivity contribution in [1.82, 2.24) is 0 Å². The minimum Gasteiger partial charge on any atom is -0.390 e. The van der Waals surface area contributed by atoms with E-state index in [9.17, 15) is 10.2 Å². The van der Waals surface area contributed by atoms with Crippen molar-refractivity contribution in [2.45, 2.75) is 83.4 Å². The zero-order chi connectivity index (χ0) is 13.4. The zero-order valence-electron chi connectivity index (χ0n) is 11.7. The molecule has 108 valence electrons. The summed E-state index contributed by atoms with van der Waals surface area (Å²) in [4.78, 5) is 0. The Hall–Kier alpha value is -0.160. The first-order valence-corrected chi connectivity index (χ1v) is 7.28. The molecule has 4 atom stereocenters. The second-order valence-electron chi connectivity index (χ2n) is 5.20. The third-order valence-electron chi connectivity index (χ3n) is 3.48. The molecule has 0 aromatic heterocycles. The molecule has 1 fully saturated rings. The number of hydrogen-bond acceptors (Lipinski definition) is 4. The summed E-state index contributed by atoms with van der Waals surface area (Å²) in [5, 5.41) is 19.1. The van der Waals surface area contributed by atoms with Crippen molar-refractivity contribution in [3.05, 3.63) is 0 Å². The average Bonchev–Trinajstić information content (AvgIpc) is 2.34. The maximum absolute atomic E-state index is 9.61. The van der Waals surface area contributed by atoms with Gasteiger partial charge in [-0.05, 0) is 13.3 Å².